The van der Waals surface area contributed by atoms with E-state index < -0.39 is 11.7 Å². The molecule has 0 amide bonds. The van der Waals surface area contributed by atoms with Crippen LogP contribution in [0.3, 0.4) is 0 Å². The molecule has 1 aliphatic rings. The van der Waals surface area contributed by atoms with Crippen LogP contribution in [0.5, 0.6) is 0 Å². The summed E-state index contributed by atoms with van der Waals surface area (Å²) in [4.78, 5) is 6.95. The fraction of sp³-hybridized carbons (Fsp3) is 0.345. The summed E-state index contributed by atoms with van der Waals surface area (Å²) in [6.45, 7) is 1.57. The van der Waals surface area contributed by atoms with Crippen LogP contribution < -0.4 is 5.32 Å². The fourth-order valence-corrected chi connectivity index (χ4v) is 5.92. The van der Waals surface area contributed by atoms with Crippen molar-refractivity contribution < 1.29 is 13.2 Å². The molecule has 36 heavy (non-hydrogen) atoms. The number of thiazole rings is 1. The van der Waals surface area contributed by atoms with E-state index in [-0.39, 0.29) is 6.54 Å². The summed E-state index contributed by atoms with van der Waals surface area (Å²) in [7, 11) is 0. The lowest BCUT2D eigenvalue weighted by Crippen LogP contribution is -2.31. The van der Waals surface area contributed by atoms with E-state index in [1.807, 2.05) is 29.6 Å². The van der Waals surface area contributed by atoms with Gasteiger partial charge in [-0.15, -0.1) is 11.3 Å². The van der Waals surface area contributed by atoms with Gasteiger partial charge in [0.25, 0.3) is 0 Å². The van der Waals surface area contributed by atoms with Crippen LogP contribution in [-0.4, -0.2) is 16.4 Å². The Morgan fingerprint density at radius 1 is 0.889 bits per heavy atom. The monoisotopic (exact) mass is 509 g/mol. The third kappa shape index (κ3) is 6.08. The highest BCUT2D eigenvalue weighted by atomic mass is 32.1. The Hall–Kier alpha value is -2.90. The second-order valence-electron chi connectivity index (χ2n) is 9.62. The van der Waals surface area contributed by atoms with E-state index in [0.717, 1.165) is 46.7 Å². The van der Waals surface area contributed by atoms with E-state index in [1.54, 1.807) is 12.1 Å². The van der Waals surface area contributed by atoms with Crippen LogP contribution in [0.15, 0.2) is 72.1 Å². The highest BCUT2D eigenvalue weighted by Gasteiger charge is 2.33. The third-order valence-electron chi connectivity index (χ3n) is 6.93. The Balaban J connectivity index is 1.35. The molecule has 5 rings (SSSR count). The van der Waals surface area contributed by atoms with Gasteiger partial charge in [-0.25, -0.2) is 4.98 Å². The molecule has 0 radical (unpaired) electrons. The molecule has 1 N–H and O–H groups in total. The highest BCUT2D eigenvalue weighted by molar-refractivity contribution is 7.13. The van der Waals surface area contributed by atoms with E-state index in [0.29, 0.717) is 18.0 Å². The highest BCUT2D eigenvalue weighted by Crippen LogP contribution is 2.34. The molecule has 1 saturated carbocycles. The summed E-state index contributed by atoms with van der Waals surface area (Å²) in [6.07, 6.45) is 1.58. The quantitative estimate of drug-likeness (QED) is 0.258. The summed E-state index contributed by atoms with van der Waals surface area (Å²) in [5, 5.41) is 8.52. The number of benzene rings is 3. The van der Waals surface area contributed by atoms with Crippen molar-refractivity contribution in [3.05, 3.63) is 88.9 Å². The zero-order chi connectivity index (χ0) is 25.0. The predicted molar refractivity (Wildman–Crippen MR) is 141 cm³/mol. The molecule has 0 aliphatic heterocycles. The molecule has 1 aromatic heterocycles. The maximum Gasteiger partial charge on any atom is 0.416 e. The van der Waals surface area contributed by atoms with Crippen LogP contribution in [0.2, 0.25) is 0 Å². The number of alkyl halides is 3. The van der Waals surface area contributed by atoms with Crippen molar-refractivity contribution in [2.75, 3.05) is 11.9 Å². The maximum atomic E-state index is 13.7. The van der Waals surface area contributed by atoms with Crippen LogP contribution in [0, 0.1) is 5.92 Å². The number of hydrogen-bond acceptors (Lipinski definition) is 4. The molecule has 1 heterocycles. The number of nitrogens with zero attached hydrogens (tertiary/aromatic N) is 2. The van der Waals surface area contributed by atoms with Gasteiger partial charge in [0.15, 0.2) is 5.13 Å². The van der Waals surface area contributed by atoms with E-state index in [4.69, 9.17) is 4.98 Å². The van der Waals surface area contributed by atoms with Crippen molar-refractivity contribution >= 4 is 32.9 Å². The van der Waals surface area contributed by atoms with Gasteiger partial charge < -0.3 is 5.32 Å². The maximum absolute atomic E-state index is 13.7. The Bertz CT molecular complexity index is 1290. The van der Waals surface area contributed by atoms with Crippen LogP contribution in [0.4, 0.5) is 24.0 Å². The third-order valence-corrected chi connectivity index (χ3v) is 7.73. The first-order chi connectivity index (χ1) is 17.5. The van der Waals surface area contributed by atoms with Gasteiger partial charge in [-0.1, -0.05) is 73.9 Å². The van der Waals surface area contributed by atoms with Gasteiger partial charge in [-0.3, -0.25) is 4.90 Å². The fourth-order valence-electron chi connectivity index (χ4n) is 5.21. The number of aromatic nitrogens is 1. The van der Waals surface area contributed by atoms with E-state index in [9.17, 15) is 13.2 Å². The number of fused-ring (bicyclic) bond motifs is 1. The van der Waals surface area contributed by atoms with Crippen LogP contribution in [0.25, 0.3) is 10.8 Å². The summed E-state index contributed by atoms with van der Waals surface area (Å²) < 4.78 is 41.0. The van der Waals surface area contributed by atoms with Crippen molar-refractivity contribution in [3.63, 3.8) is 0 Å². The molecule has 1 aliphatic carbocycles. The summed E-state index contributed by atoms with van der Waals surface area (Å²) in [5.41, 5.74) is 1.65. The topological polar surface area (TPSA) is 28.2 Å². The van der Waals surface area contributed by atoms with Crippen LogP contribution >= 0.6 is 11.3 Å². The number of hydrogen-bond donors (Lipinski definition) is 1. The number of rotatable bonds is 8. The first kappa shape index (κ1) is 24.8. The smallest absolute Gasteiger partial charge is 0.331 e. The Labute approximate surface area is 214 Å². The van der Waals surface area contributed by atoms with E-state index in [2.05, 4.69) is 28.4 Å². The molecule has 0 spiro atoms. The number of halogens is 3. The van der Waals surface area contributed by atoms with Gasteiger partial charge >= 0.3 is 6.18 Å². The average Bonchev–Trinajstić information content (AvgIpc) is 3.31. The molecule has 4 aromatic rings. The molecule has 3 aromatic carbocycles. The lowest BCUT2D eigenvalue weighted by atomic mass is 9.88. The van der Waals surface area contributed by atoms with Gasteiger partial charge in [-0.05, 0) is 41.8 Å². The first-order valence-corrected chi connectivity index (χ1v) is 13.4. The molecule has 188 valence electrons. The second-order valence-corrected chi connectivity index (χ2v) is 10.5. The second kappa shape index (κ2) is 11.0. The zero-order valence-electron chi connectivity index (χ0n) is 20.1. The van der Waals surface area contributed by atoms with Crippen molar-refractivity contribution in [2.45, 2.75) is 51.4 Å². The van der Waals surface area contributed by atoms with Gasteiger partial charge in [-0.2, -0.15) is 13.2 Å². The van der Waals surface area contributed by atoms with Crippen molar-refractivity contribution in [1.29, 1.82) is 0 Å². The van der Waals surface area contributed by atoms with Crippen molar-refractivity contribution in [3.8, 4) is 0 Å². The first-order valence-electron chi connectivity index (χ1n) is 12.5. The molecular weight excluding hydrogens is 479 g/mol. The largest absolute Gasteiger partial charge is 0.416 e. The standard InChI is InChI=1S/C29H30F3N3S/c30-29(31,32)26-15-7-5-12-23(26)18-35(17-21-9-2-1-3-10-21)19-24-20-36-28(33-24)34-27-16-8-13-22-11-4-6-14-25(22)27/h4-8,11-16,20-21H,1-3,9-10,17-19H2,(H,33,34). The van der Waals surface area contributed by atoms with E-state index >= 15 is 0 Å². The average molecular weight is 510 g/mol. The predicted octanol–water partition coefficient (Wildman–Crippen LogP) is 8.64. The minimum absolute atomic E-state index is 0.260. The number of anilines is 2. The molecule has 0 bridgehead atoms. The van der Waals surface area contributed by atoms with Crippen molar-refractivity contribution in [1.82, 2.24) is 9.88 Å². The molecule has 3 nitrogen and oxygen atoms in total. The molecule has 0 saturated heterocycles. The normalized spacial score (nSPS) is 15.0. The summed E-state index contributed by atoms with van der Waals surface area (Å²) >= 11 is 1.53. The minimum Gasteiger partial charge on any atom is -0.331 e. The van der Waals surface area contributed by atoms with Crippen LogP contribution in [-0.2, 0) is 19.3 Å². The zero-order valence-corrected chi connectivity index (χ0v) is 20.9. The van der Waals surface area contributed by atoms with Gasteiger partial charge in [0.1, 0.15) is 0 Å². The molecule has 0 unspecified atom stereocenters. The summed E-state index contributed by atoms with van der Waals surface area (Å²) in [6, 6.07) is 20.3. The van der Waals surface area contributed by atoms with Crippen molar-refractivity contribution in [2.24, 2.45) is 5.92 Å². The molecule has 1 fully saturated rings. The SMILES string of the molecule is FC(F)(F)c1ccccc1CN(Cc1csc(Nc2cccc3ccccc23)n1)CC1CCCCC1. The van der Waals surface area contributed by atoms with Gasteiger partial charge in [0.05, 0.1) is 11.3 Å². The van der Waals surface area contributed by atoms with Gasteiger partial charge in [0.2, 0.25) is 0 Å². The molecule has 0 atom stereocenters. The summed E-state index contributed by atoms with van der Waals surface area (Å²) in [5.74, 6) is 0.517. The van der Waals surface area contributed by atoms with Crippen LogP contribution in [0.1, 0.15) is 48.9 Å². The molecular formula is C29H30F3N3S. The number of nitrogens with one attached hydrogen (secondary N) is 1. The Kier molecular flexibility index (Phi) is 7.58. The van der Waals surface area contributed by atoms with Gasteiger partial charge in [0, 0.05) is 36.1 Å². The Morgan fingerprint density at radius 3 is 2.47 bits per heavy atom. The lowest BCUT2D eigenvalue weighted by molar-refractivity contribution is -0.138. The molecule has 7 heteroatoms. The minimum atomic E-state index is -4.36. The van der Waals surface area contributed by atoms with E-state index in [1.165, 1.54) is 42.7 Å². The Morgan fingerprint density at radius 2 is 1.64 bits per heavy atom. The lowest BCUT2D eigenvalue weighted by Gasteiger charge is -2.30.